The average Bonchev–Trinajstić information content (AvgIpc) is 2.84. The van der Waals surface area contributed by atoms with E-state index in [0.717, 1.165) is 5.56 Å². The summed E-state index contributed by atoms with van der Waals surface area (Å²) in [5.41, 5.74) is 7.29. The average molecular weight is 323 g/mol. The predicted molar refractivity (Wildman–Crippen MR) is 81.8 cm³/mol. The van der Waals surface area contributed by atoms with Gasteiger partial charge >= 0.3 is 0 Å². The third-order valence-corrected chi connectivity index (χ3v) is 3.51. The Morgan fingerprint density at radius 1 is 1.00 bits per heavy atom. The molecule has 0 bridgehead atoms. The van der Waals surface area contributed by atoms with Gasteiger partial charge in [-0.2, -0.15) is 0 Å². The molecule has 3 aromatic rings. The van der Waals surface area contributed by atoms with Gasteiger partial charge in [-0.05, 0) is 35.9 Å². The van der Waals surface area contributed by atoms with E-state index < -0.39 is 5.82 Å². The number of nitrogens with zero attached hydrogens (tertiary/aromatic N) is 1. The van der Waals surface area contributed by atoms with Gasteiger partial charge in [-0.25, -0.2) is 4.39 Å². The number of rotatable bonds is 2. The first-order valence-corrected chi connectivity index (χ1v) is 6.78. The highest BCUT2D eigenvalue weighted by molar-refractivity contribution is 6.31. The van der Waals surface area contributed by atoms with Gasteiger partial charge in [0.2, 0.25) is 0 Å². The van der Waals surface area contributed by atoms with E-state index in [1.165, 1.54) is 18.2 Å². The molecule has 21 heavy (non-hydrogen) atoms. The summed E-state index contributed by atoms with van der Waals surface area (Å²) in [6, 6.07) is 11.1. The van der Waals surface area contributed by atoms with E-state index in [9.17, 15) is 4.39 Å². The Bertz CT molecular complexity index is 800. The van der Waals surface area contributed by atoms with Gasteiger partial charge in [0.05, 0.1) is 11.1 Å². The van der Waals surface area contributed by atoms with E-state index in [0.29, 0.717) is 15.6 Å². The molecule has 1 heterocycles. The first kappa shape index (κ1) is 13.9. The van der Waals surface area contributed by atoms with E-state index in [1.807, 2.05) is 0 Å². The molecule has 106 valence electrons. The van der Waals surface area contributed by atoms with E-state index in [2.05, 4.69) is 5.16 Å². The monoisotopic (exact) mass is 322 g/mol. The van der Waals surface area contributed by atoms with Gasteiger partial charge in [-0.15, -0.1) is 0 Å². The lowest BCUT2D eigenvalue weighted by atomic mass is 10.0. The van der Waals surface area contributed by atoms with Crippen LogP contribution in [0.4, 0.5) is 10.2 Å². The quantitative estimate of drug-likeness (QED) is 0.719. The lowest BCUT2D eigenvalue weighted by Gasteiger charge is -2.04. The molecule has 6 heteroatoms. The minimum absolute atomic E-state index is 0.173. The normalized spacial score (nSPS) is 10.8. The van der Waals surface area contributed by atoms with Crippen LogP contribution in [0, 0.1) is 5.82 Å². The molecule has 0 amide bonds. The number of aromatic nitrogens is 1. The van der Waals surface area contributed by atoms with Crippen molar-refractivity contribution in [1.82, 2.24) is 5.16 Å². The van der Waals surface area contributed by atoms with Gasteiger partial charge in [0.1, 0.15) is 5.82 Å². The highest BCUT2D eigenvalue weighted by Crippen LogP contribution is 2.38. The summed E-state index contributed by atoms with van der Waals surface area (Å²) >= 11 is 11.8. The van der Waals surface area contributed by atoms with Crippen LogP contribution in [0.1, 0.15) is 0 Å². The molecule has 0 fully saturated rings. The van der Waals surface area contributed by atoms with Crippen molar-refractivity contribution in [3.8, 4) is 22.5 Å². The molecular formula is C15H9Cl2FN2O. The number of hydrogen-bond donors (Lipinski definition) is 1. The predicted octanol–water partition coefficient (Wildman–Crippen LogP) is 5.04. The Balaban J connectivity index is 2.21. The largest absolute Gasteiger partial charge is 0.380 e. The van der Waals surface area contributed by atoms with Crippen molar-refractivity contribution in [2.45, 2.75) is 0 Å². The van der Waals surface area contributed by atoms with Crippen LogP contribution in [0.5, 0.6) is 0 Å². The summed E-state index contributed by atoms with van der Waals surface area (Å²) in [5, 5.41) is 4.70. The van der Waals surface area contributed by atoms with Crippen LogP contribution >= 0.6 is 23.2 Å². The third kappa shape index (κ3) is 2.60. The smallest absolute Gasteiger partial charge is 0.179 e. The summed E-state index contributed by atoms with van der Waals surface area (Å²) in [5.74, 6) is -0.0627. The second kappa shape index (κ2) is 5.39. The van der Waals surface area contributed by atoms with Crippen molar-refractivity contribution >= 4 is 29.0 Å². The Labute approximate surface area is 130 Å². The number of hydrogen-bond acceptors (Lipinski definition) is 3. The first-order valence-electron chi connectivity index (χ1n) is 6.03. The Hall–Kier alpha value is -2.04. The molecule has 0 spiro atoms. The minimum atomic E-state index is -0.467. The van der Waals surface area contributed by atoms with E-state index in [-0.39, 0.29) is 17.1 Å². The summed E-state index contributed by atoms with van der Waals surface area (Å²) in [4.78, 5) is 0. The number of anilines is 1. The molecule has 2 aromatic carbocycles. The molecule has 0 aliphatic rings. The van der Waals surface area contributed by atoms with E-state index >= 15 is 0 Å². The van der Waals surface area contributed by atoms with Crippen molar-refractivity contribution in [2.24, 2.45) is 0 Å². The number of benzene rings is 2. The van der Waals surface area contributed by atoms with Crippen LogP contribution < -0.4 is 5.73 Å². The third-order valence-electron chi connectivity index (χ3n) is 3.02. The molecule has 0 aliphatic heterocycles. The molecule has 3 nitrogen and oxygen atoms in total. The fourth-order valence-corrected chi connectivity index (χ4v) is 2.35. The SMILES string of the molecule is Nc1noc(-c2cc(Cl)ccc2F)c1-c1ccc(Cl)cc1. The second-order valence-electron chi connectivity index (χ2n) is 4.40. The van der Waals surface area contributed by atoms with Crippen LogP contribution in [-0.4, -0.2) is 5.16 Å². The van der Waals surface area contributed by atoms with Gasteiger partial charge < -0.3 is 10.3 Å². The minimum Gasteiger partial charge on any atom is -0.380 e. The fourth-order valence-electron chi connectivity index (χ4n) is 2.05. The first-order chi connectivity index (χ1) is 10.1. The molecule has 0 saturated carbocycles. The summed E-state index contributed by atoms with van der Waals surface area (Å²) in [6.07, 6.45) is 0. The maximum Gasteiger partial charge on any atom is 0.179 e. The Morgan fingerprint density at radius 2 is 1.67 bits per heavy atom. The van der Waals surface area contributed by atoms with Crippen molar-refractivity contribution in [2.75, 3.05) is 5.73 Å². The van der Waals surface area contributed by atoms with Gasteiger partial charge in [0, 0.05) is 10.0 Å². The van der Waals surface area contributed by atoms with Gasteiger partial charge in [-0.1, -0.05) is 40.5 Å². The van der Waals surface area contributed by atoms with Gasteiger partial charge in [-0.3, -0.25) is 0 Å². The second-order valence-corrected chi connectivity index (χ2v) is 5.28. The fraction of sp³-hybridized carbons (Fsp3) is 0. The summed E-state index contributed by atoms with van der Waals surface area (Å²) < 4.78 is 19.2. The van der Waals surface area contributed by atoms with Gasteiger partial charge in [0.15, 0.2) is 11.6 Å². The number of halogens is 3. The molecule has 2 N–H and O–H groups in total. The standard InChI is InChI=1S/C15H9Cl2FN2O/c16-9-3-1-8(2-4-9)13-14(21-20-15(13)19)11-7-10(17)5-6-12(11)18/h1-7H,(H2,19,20). The molecule has 0 aliphatic carbocycles. The van der Waals surface area contributed by atoms with Crippen LogP contribution in [-0.2, 0) is 0 Å². The van der Waals surface area contributed by atoms with E-state index in [4.69, 9.17) is 33.5 Å². The Morgan fingerprint density at radius 3 is 2.38 bits per heavy atom. The molecule has 0 saturated heterocycles. The maximum absolute atomic E-state index is 14.0. The van der Waals surface area contributed by atoms with Crippen molar-refractivity contribution < 1.29 is 8.91 Å². The zero-order valence-electron chi connectivity index (χ0n) is 10.6. The van der Waals surface area contributed by atoms with Crippen molar-refractivity contribution in [3.63, 3.8) is 0 Å². The maximum atomic E-state index is 14.0. The highest BCUT2D eigenvalue weighted by Gasteiger charge is 2.20. The highest BCUT2D eigenvalue weighted by atomic mass is 35.5. The molecule has 3 rings (SSSR count). The molecule has 0 unspecified atom stereocenters. The number of nitrogens with two attached hydrogens (primary N) is 1. The zero-order chi connectivity index (χ0) is 15.0. The topological polar surface area (TPSA) is 52.0 Å². The molecule has 0 atom stereocenters. The van der Waals surface area contributed by atoms with Crippen LogP contribution in [0.25, 0.3) is 22.5 Å². The van der Waals surface area contributed by atoms with Gasteiger partial charge in [0.25, 0.3) is 0 Å². The molecular weight excluding hydrogens is 314 g/mol. The van der Waals surface area contributed by atoms with Crippen LogP contribution in [0.2, 0.25) is 10.0 Å². The number of nitrogen functional groups attached to an aromatic ring is 1. The lowest BCUT2D eigenvalue weighted by Crippen LogP contribution is -1.90. The van der Waals surface area contributed by atoms with Crippen LogP contribution in [0.15, 0.2) is 47.0 Å². The van der Waals surface area contributed by atoms with Crippen LogP contribution in [0.3, 0.4) is 0 Å². The lowest BCUT2D eigenvalue weighted by molar-refractivity contribution is 0.433. The van der Waals surface area contributed by atoms with Crippen molar-refractivity contribution in [3.05, 3.63) is 58.3 Å². The Kier molecular flexibility index (Phi) is 3.57. The van der Waals surface area contributed by atoms with E-state index in [1.54, 1.807) is 24.3 Å². The molecule has 0 radical (unpaired) electrons. The van der Waals surface area contributed by atoms with Crippen molar-refractivity contribution in [1.29, 1.82) is 0 Å². The zero-order valence-corrected chi connectivity index (χ0v) is 12.1. The molecule has 1 aromatic heterocycles. The summed E-state index contributed by atoms with van der Waals surface area (Å²) in [6.45, 7) is 0. The summed E-state index contributed by atoms with van der Waals surface area (Å²) in [7, 11) is 0.